The number of fused-ring (bicyclic) bond motifs is 1. The lowest BCUT2D eigenvalue weighted by atomic mass is 10.1. The molecule has 0 bridgehead atoms. The Labute approximate surface area is 140 Å². The molecule has 122 valence electrons. The van der Waals surface area contributed by atoms with Crippen molar-refractivity contribution in [2.24, 2.45) is 7.05 Å². The number of aryl methyl sites for hydroxylation is 1. The molecule has 4 rings (SSSR count). The van der Waals surface area contributed by atoms with Gasteiger partial charge in [0.25, 0.3) is 0 Å². The maximum atomic E-state index is 6.26. The zero-order chi connectivity index (χ0) is 15.8. The van der Waals surface area contributed by atoms with Crippen molar-refractivity contribution in [1.82, 2.24) is 14.7 Å². The van der Waals surface area contributed by atoms with Crippen LogP contribution in [0.15, 0.2) is 24.5 Å². The normalized spacial score (nSPS) is 21.2. The largest absolute Gasteiger partial charge is 0.493 e. The molecule has 0 amide bonds. The van der Waals surface area contributed by atoms with Crippen molar-refractivity contribution in [2.75, 3.05) is 26.3 Å². The highest BCUT2D eigenvalue weighted by Gasteiger charge is 2.25. The lowest BCUT2D eigenvalue weighted by Crippen LogP contribution is -2.37. The molecule has 0 aliphatic carbocycles. The van der Waals surface area contributed by atoms with E-state index < -0.39 is 0 Å². The summed E-state index contributed by atoms with van der Waals surface area (Å²) < 4.78 is 13.5. The third-order valence-electron chi connectivity index (χ3n) is 4.47. The van der Waals surface area contributed by atoms with Gasteiger partial charge in [-0.25, -0.2) is 0 Å². The summed E-state index contributed by atoms with van der Waals surface area (Å²) in [6.45, 7) is 4.08. The van der Waals surface area contributed by atoms with Crippen molar-refractivity contribution in [3.63, 3.8) is 0 Å². The smallest absolute Gasteiger partial charge is 0.127 e. The number of halogens is 1. The molecule has 1 aromatic carbocycles. The minimum Gasteiger partial charge on any atom is -0.493 e. The molecule has 0 saturated carbocycles. The Morgan fingerprint density at radius 2 is 2.26 bits per heavy atom. The van der Waals surface area contributed by atoms with Crippen LogP contribution in [0.5, 0.6) is 5.75 Å². The second-order valence-corrected chi connectivity index (χ2v) is 6.63. The number of hydrogen-bond donors (Lipinski definition) is 0. The van der Waals surface area contributed by atoms with Crippen molar-refractivity contribution in [1.29, 1.82) is 0 Å². The summed E-state index contributed by atoms with van der Waals surface area (Å²) in [6, 6.07) is 4.05. The highest BCUT2D eigenvalue weighted by atomic mass is 35.5. The number of rotatable bonds is 3. The number of ether oxygens (including phenoxy) is 2. The van der Waals surface area contributed by atoms with Crippen molar-refractivity contribution in [3.05, 3.63) is 46.2 Å². The quantitative estimate of drug-likeness (QED) is 0.865. The molecule has 0 radical (unpaired) electrons. The van der Waals surface area contributed by atoms with E-state index in [1.807, 2.05) is 36.3 Å². The van der Waals surface area contributed by atoms with E-state index in [9.17, 15) is 0 Å². The lowest BCUT2D eigenvalue weighted by Gasteiger charge is -2.32. The Hall–Kier alpha value is -1.56. The molecule has 23 heavy (non-hydrogen) atoms. The molecule has 2 aliphatic rings. The minimum absolute atomic E-state index is 0.0746. The summed E-state index contributed by atoms with van der Waals surface area (Å²) in [5, 5.41) is 5.03. The Bertz CT molecular complexity index is 716. The first-order chi connectivity index (χ1) is 11.2. The van der Waals surface area contributed by atoms with Gasteiger partial charge in [0.05, 0.1) is 25.5 Å². The van der Waals surface area contributed by atoms with Crippen LogP contribution >= 0.6 is 11.6 Å². The van der Waals surface area contributed by atoms with Crippen LogP contribution in [-0.2, 0) is 24.8 Å². The van der Waals surface area contributed by atoms with Gasteiger partial charge in [0.15, 0.2) is 0 Å². The molecule has 1 atom stereocenters. The number of hydrogen-bond acceptors (Lipinski definition) is 4. The SMILES string of the molecule is Cn1cc([C@@H]2CN(Cc3cc(Cl)cc4c3OCC4)CCO2)cn1. The van der Waals surface area contributed by atoms with Crippen molar-refractivity contribution < 1.29 is 9.47 Å². The van der Waals surface area contributed by atoms with Gasteiger partial charge in [0.1, 0.15) is 5.75 Å². The Balaban J connectivity index is 1.51. The van der Waals surface area contributed by atoms with E-state index in [4.69, 9.17) is 21.1 Å². The highest BCUT2D eigenvalue weighted by Crippen LogP contribution is 2.34. The second-order valence-electron chi connectivity index (χ2n) is 6.19. The van der Waals surface area contributed by atoms with Gasteiger partial charge in [-0.1, -0.05) is 11.6 Å². The van der Waals surface area contributed by atoms with Gasteiger partial charge in [-0.2, -0.15) is 5.10 Å². The fourth-order valence-electron chi connectivity index (χ4n) is 3.36. The highest BCUT2D eigenvalue weighted by molar-refractivity contribution is 6.30. The first-order valence-electron chi connectivity index (χ1n) is 7.95. The topological polar surface area (TPSA) is 39.5 Å². The van der Waals surface area contributed by atoms with Gasteiger partial charge in [-0.3, -0.25) is 9.58 Å². The average Bonchev–Trinajstić information content (AvgIpc) is 3.16. The fraction of sp³-hybridized carbons (Fsp3) is 0.471. The second kappa shape index (κ2) is 6.15. The molecular weight excluding hydrogens is 314 g/mol. The molecule has 5 nitrogen and oxygen atoms in total. The van der Waals surface area contributed by atoms with E-state index in [1.165, 1.54) is 11.1 Å². The molecule has 1 aromatic heterocycles. The van der Waals surface area contributed by atoms with Crippen molar-refractivity contribution >= 4 is 11.6 Å². The zero-order valence-corrected chi connectivity index (χ0v) is 13.9. The van der Waals surface area contributed by atoms with Crippen LogP contribution < -0.4 is 4.74 Å². The molecule has 0 unspecified atom stereocenters. The van der Waals surface area contributed by atoms with Crippen LogP contribution in [0.1, 0.15) is 22.8 Å². The molecule has 1 saturated heterocycles. The summed E-state index contributed by atoms with van der Waals surface area (Å²) in [7, 11) is 1.93. The van der Waals surface area contributed by atoms with Crippen LogP contribution in [-0.4, -0.2) is 41.0 Å². The predicted molar refractivity (Wildman–Crippen MR) is 87.8 cm³/mol. The van der Waals surface area contributed by atoms with Gasteiger partial charge in [-0.05, 0) is 17.7 Å². The maximum Gasteiger partial charge on any atom is 0.127 e. The summed E-state index contributed by atoms with van der Waals surface area (Å²) >= 11 is 6.26. The van der Waals surface area contributed by atoms with Gasteiger partial charge in [-0.15, -0.1) is 0 Å². The van der Waals surface area contributed by atoms with E-state index in [0.29, 0.717) is 0 Å². The third kappa shape index (κ3) is 3.09. The summed E-state index contributed by atoms with van der Waals surface area (Å²) in [6.07, 6.45) is 4.93. The number of morpholine rings is 1. The van der Waals surface area contributed by atoms with Crippen LogP contribution in [0, 0.1) is 0 Å². The van der Waals surface area contributed by atoms with E-state index in [-0.39, 0.29) is 6.10 Å². The van der Waals surface area contributed by atoms with Gasteiger partial charge in [0.2, 0.25) is 0 Å². The molecule has 1 fully saturated rings. The molecular formula is C17H20ClN3O2. The molecule has 0 N–H and O–H groups in total. The maximum absolute atomic E-state index is 6.26. The first kappa shape index (κ1) is 15.0. The van der Waals surface area contributed by atoms with Crippen LogP contribution in [0.3, 0.4) is 0 Å². The van der Waals surface area contributed by atoms with Crippen LogP contribution in [0.25, 0.3) is 0 Å². The van der Waals surface area contributed by atoms with E-state index in [1.54, 1.807) is 0 Å². The molecule has 2 aromatic rings. The summed E-state index contributed by atoms with van der Waals surface area (Å²) in [5.74, 6) is 1.03. The fourth-order valence-corrected chi connectivity index (χ4v) is 3.62. The third-order valence-corrected chi connectivity index (χ3v) is 4.68. The minimum atomic E-state index is 0.0746. The van der Waals surface area contributed by atoms with E-state index in [0.717, 1.165) is 55.6 Å². The van der Waals surface area contributed by atoms with Gasteiger partial charge >= 0.3 is 0 Å². The number of aromatic nitrogens is 2. The Morgan fingerprint density at radius 3 is 3.09 bits per heavy atom. The zero-order valence-electron chi connectivity index (χ0n) is 13.2. The average molecular weight is 334 g/mol. The van der Waals surface area contributed by atoms with E-state index >= 15 is 0 Å². The first-order valence-corrected chi connectivity index (χ1v) is 8.33. The van der Waals surface area contributed by atoms with Crippen LogP contribution in [0.4, 0.5) is 0 Å². The monoisotopic (exact) mass is 333 g/mol. The number of benzene rings is 1. The predicted octanol–water partition coefficient (Wildman–Crippen LogP) is 2.58. The summed E-state index contributed by atoms with van der Waals surface area (Å²) in [5.41, 5.74) is 3.53. The van der Waals surface area contributed by atoms with Gasteiger partial charge < -0.3 is 9.47 Å². The van der Waals surface area contributed by atoms with E-state index in [2.05, 4.69) is 10.00 Å². The molecule has 6 heteroatoms. The Kier molecular flexibility index (Phi) is 4.01. The van der Waals surface area contributed by atoms with Crippen molar-refractivity contribution in [3.8, 4) is 5.75 Å². The lowest BCUT2D eigenvalue weighted by molar-refractivity contribution is -0.0331. The standard InChI is InChI=1S/C17H20ClN3O2/c1-20-9-14(8-19-20)16-11-21(3-5-22-16)10-13-7-15(18)6-12-2-4-23-17(12)13/h6-9,16H,2-5,10-11H2,1H3/t16-/m0/s1. The molecule has 0 spiro atoms. The molecule has 3 heterocycles. The Morgan fingerprint density at radius 1 is 1.35 bits per heavy atom. The summed E-state index contributed by atoms with van der Waals surface area (Å²) in [4.78, 5) is 2.40. The van der Waals surface area contributed by atoms with Gasteiger partial charge in [0, 0.05) is 55.4 Å². The van der Waals surface area contributed by atoms with Crippen LogP contribution in [0.2, 0.25) is 5.02 Å². The van der Waals surface area contributed by atoms with Crippen molar-refractivity contribution in [2.45, 2.75) is 19.1 Å². The number of nitrogens with zero attached hydrogens (tertiary/aromatic N) is 3. The molecule has 2 aliphatic heterocycles.